The summed E-state index contributed by atoms with van der Waals surface area (Å²) < 4.78 is 2.09. The molecule has 1 atom stereocenters. The Kier molecular flexibility index (Phi) is 5.28. The highest BCUT2D eigenvalue weighted by Crippen LogP contribution is 2.37. The van der Waals surface area contributed by atoms with Gasteiger partial charge in [-0.2, -0.15) is 5.10 Å². The van der Waals surface area contributed by atoms with E-state index < -0.39 is 0 Å². The Balaban J connectivity index is 2.29. The van der Waals surface area contributed by atoms with Gasteiger partial charge in [-0.25, -0.2) is 0 Å². The van der Waals surface area contributed by atoms with E-state index >= 15 is 0 Å². The average molecular weight is 284 g/mol. The molecule has 108 valence electrons. The Morgan fingerprint density at radius 2 is 2.05 bits per heavy atom. The second-order valence-electron chi connectivity index (χ2n) is 5.85. The Bertz CT molecular complexity index is 394. The SMILES string of the molecule is CCNC(c1c(Cl)cnn1C(C)C)C1CCCCC1. The molecule has 1 aliphatic rings. The molecule has 1 saturated carbocycles. The molecule has 0 aliphatic heterocycles. The van der Waals surface area contributed by atoms with E-state index in [9.17, 15) is 0 Å². The Morgan fingerprint density at radius 3 is 2.63 bits per heavy atom. The zero-order valence-electron chi connectivity index (χ0n) is 12.3. The monoisotopic (exact) mass is 283 g/mol. The van der Waals surface area contributed by atoms with Gasteiger partial charge in [0.25, 0.3) is 0 Å². The molecular formula is C15H26ClN3. The van der Waals surface area contributed by atoms with Gasteiger partial charge in [0, 0.05) is 6.04 Å². The van der Waals surface area contributed by atoms with Crippen molar-refractivity contribution in [1.29, 1.82) is 0 Å². The summed E-state index contributed by atoms with van der Waals surface area (Å²) in [6, 6.07) is 0.704. The van der Waals surface area contributed by atoms with Gasteiger partial charge in [-0.3, -0.25) is 4.68 Å². The van der Waals surface area contributed by atoms with Crippen molar-refractivity contribution < 1.29 is 0 Å². The molecule has 0 spiro atoms. The number of halogens is 1. The molecule has 0 bridgehead atoms. The first-order chi connectivity index (χ1) is 9.15. The second-order valence-corrected chi connectivity index (χ2v) is 6.26. The van der Waals surface area contributed by atoms with Crippen LogP contribution in [0.2, 0.25) is 5.02 Å². The van der Waals surface area contributed by atoms with Crippen molar-refractivity contribution in [3.05, 3.63) is 16.9 Å². The lowest BCUT2D eigenvalue weighted by atomic mass is 9.82. The Morgan fingerprint density at radius 1 is 1.37 bits per heavy atom. The highest BCUT2D eigenvalue weighted by molar-refractivity contribution is 6.31. The molecule has 1 N–H and O–H groups in total. The fourth-order valence-electron chi connectivity index (χ4n) is 3.23. The van der Waals surface area contributed by atoms with Crippen LogP contribution in [0.25, 0.3) is 0 Å². The maximum Gasteiger partial charge on any atom is 0.0834 e. The fourth-order valence-corrected chi connectivity index (χ4v) is 3.48. The molecule has 1 aromatic rings. The first kappa shape index (κ1) is 14.9. The summed E-state index contributed by atoms with van der Waals surface area (Å²) in [6.07, 6.45) is 8.48. The van der Waals surface area contributed by atoms with Gasteiger partial charge in [-0.15, -0.1) is 0 Å². The van der Waals surface area contributed by atoms with Crippen molar-refractivity contribution in [2.75, 3.05) is 6.54 Å². The minimum atomic E-state index is 0.350. The smallest absolute Gasteiger partial charge is 0.0834 e. The molecule has 0 amide bonds. The van der Waals surface area contributed by atoms with Crippen molar-refractivity contribution in [2.45, 2.75) is 65.0 Å². The van der Waals surface area contributed by atoms with Crippen LogP contribution >= 0.6 is 11.6 Å². The summed E-state index contributed by atoms with van der Waals surface area (Å²) in [6.45, 7) is 7.47. The fraction of sp³-hybridized carbons (Fsp3) is 0.800. The lowest BCUT2D eigenvalue weighted by Crippen LogP contribution is -2.32. The standard InChI is InChI=1S/C15H26ClN3/c1-4-17-14(12-8-6-5-7-9-12)15-13(16)10-18-19(15)11(2)3/h10-12,14,17H,4-9H2,1-3H3. The summed E-state index contributed by atoms with van der Waals surface area (Å²) in [4.78, 5) is 0. The molecule has 0 radical (unpaired) electrons. The highest BCUT2D eigenvalue weighted by atomic mass is 35.5. The predicted molar refractivity (Wildman–Crippen MR) is 80.6 cm³/mol. The van der Waals surface area contributed by atoms with Crippen molar-refractivity contribution >= 4 is 11.6 Å². The van der Waals surface area contributed by atoms with Crippen molar-refractivity contribution in [3.63, 3.8) is 0 Å². The molecule has 4 heteroatoms. The largest absolute Gasteiger partial charge is 0.309 e. The van der Waals surface area contributed by atoms with Gasteiger partial charge in [-0.1, -0.05) is 37.8 Å². The zero-order chi connectivity index (χ0) is 13.8. The maximum absolute atomic E-state index is 6.42. The molecule has 1 fully saturated rings. The van der Waals surface area contributed by atoms with Crippen LogP contribution in [-0.4, -0.2) is 16.3 Å². The number of rotatable bonds is 5. The lowest BCUT2D eigenvalue weighted by Gasteiger charge is -2.32. The molecule has 1 unspecified atom stereocenters. The highest BCUT2D eigenvalue weighted by Gasteiger charge is 2.29. The number of hydrogen-bond acceptors (Lipinski definition) is 2. The molecule has 3 nitrogen and oxygen atoms in total. The van der Waals surface area contributed by atoms with Crippen molar-refractivity contribution in [2.24, 2.45) is 5.92 Å². The van der Waals surface area contributed by atoms with E-state index in [4.69, 9.17) is 11.6 Å². The molecule has 1 heterocycles. The van der Waals surface area contributed by atoms with Gasteiger partial charge < -0.3 is 5.32 Å². The third-order valence-electron chi connectivity index (χ3n) is 4.12. The quantitative estimate of drug-likeness (QED) is 0.871. The van der Waals surface area contributed by atoms with E-state index in [2.05, 4.69) is 35.9 Å². The second kappa shape index (κ2) is 6.76. The van der Waals surface area contributed by atoms with Crippen LogP contribution in [-0.2, 0) is 0 Å². The number of nitrogens with one attached hydrogen (secondary N) is 1. The summed E-state index contributed by atoms with van der Waals surface area (Å²) in [5.74, 6) is 0.695. The van der Waals surface area contributed by atoms with Crippen LogP contribution in [0.15, 0.2) is 6.20 Å². The zero-order valence-corrected chi connectivity index (χ0v) is 13.1. The van der Waals surface area contributed by atoms with Crippen molar-refractivity contribution in [1.82, 2.24) is 15.1 Å². The third kappa shape index (κ3) is 3.32. The topological polar surface area (TPSA) is 29.9 Å². The van der Waals surface area contributed by atoms with Gasteiger partial charge in [0.2, 0.25) is 0 Å². The van der Waals surface area contributed by atoms with Crippen LogP contribution in [0.3, 0.4) is 0 Å². The normalized spacial score (nSPS) is 19.0. The van der Waals surface area contributed by atoms with Gasteiger partial charge in [-0.05, 0) is 39.2 Å². The maximum atomic E-state index is 6.42. The van der Waals surface area contributed by atoms with Crippen LogP contribution in [0, 0.1) is 5.92 Å². The average Bonchev–Trinajstić information content (AvgIpc) is 2.79. The van der Waals surface area contributed by atoms with Gasteiger partial charge >= 0.3 is 0 Å². The van der Waals surface area contributed by atoms with Crippen LogP contribution in [0.1, 0.15) is 70.7 Å². The van der Waals surface area contributed by atoms with Crippen LogP contribution in [0.4, 0.5) is 0 Å². The summed E-state index contributed by atoms with van der Waals surface area (Å²) in [7, 11) is 0. The minimum Gasteiger partial charge on any atom is -0.309 e. The molecule has 2 rings (SSSR count). The molecular weight excluding hydrogens is 258 g/mol. The van der Waals surface area contributed by atoms with E-state index in [-0.39, 0.29) is 0 Å². The molecule has 0 saturated heterocycles. The Labute approximate surface area is 121 Å². The summed E-state index contributed by atoms with van der Waals surface area (Å²) >= 11 is 6.42. The van der Waals surface area contributed by atoms with E-state index in [0.717, 1.165) is 11.6 Å². The number of nitrogens with zero attached hydrogens (tertiary/aromatic N) is 2. The van der Waals surface area contributed by atoms with E-state index in [1.165, 1.54) is 37.8 Å². The first-order valence-electron chi connectivity index (χ1n) is 7.61. The molecule has 0 aromatic carbocycles. The molecule has 1 aromatic heterocycles. The number of aromatic nitrogens is 2. The first-order valence-corrected chi connectivity index (χ1v) is 7.99. The summed E-state index contributed by atoms with van der Waals surface area (Å²) in [5.41, 5.74) is 1.19. The molecule has 1 aliphatic carbocycles. The van der Waals surface area contributed by atoms with Crippen LogP contribution in [0.5, 0.6) is 0 Å². The van der Waals surface area contributed by atoms with Crippen molar-refractivity contribution in [3.8, 4) is 0 Å². The van der Waals surface area contributed by atoms with E-state index in [1.807, 2.05) is 0 Å². The Hall–Kier alpha value is -0.540. The van der Waals surface area contributed by atoms with Gasteiger partial charge in [0.05, 0.1) is 23.0 Å². The van der Waals surface area contributed by atoms with Gasteiger partial charge in [0.1, 0.15) is 0 Å². The van der Waals surface area contributed by atoms with E-state index in [0.29, 0.717) is 18.0 Å². The molecule has 19 heavy (non-hydrogen) atoms. The van der Waals surface area contributed by atoms with E-state index in [1.54, 1.807) is 6.20 Å². The predicted octanol–water partition coefficient (Wildman–Crippen LogP) is 4.35. The lowest BCUT2D eigenvalue weighted by molar-refractivity contribution is 0.261. The third-order valence-corrected chi connectivity index (χ3v) is 4.41. The number of hydrogen-bond donors (Lipinski definition) is 1. The van der Waals surface area contributed by atoms with Gasteiger partial charge in [0.15, 0.2) is 0 Å². The summed E-state index contributed by atoms with van der Waals surface area (Å²) in [5, 5.41) is 8.91. The van der Waals surface area contributed by atoms with Crippen LogP contribution < -0.4 is 5.32 Å². The minimum absolute atomic E-state index is 0.350.